The maximum atomic E-state index is 12.6. The van der Waals surface area contributed by atoms with Gasteiger partial charge in [0, 0.05) is 18.5 Å². The van der Waals surface area contributed by atoms with Crippen LogP contribution in [-0.2, 0) is 4.79 Å². The van der Waals surface area contributed by atoms with Crippen molar-refractivity contribution in [1.29, 1.82) is 0 Å². The molecule has 0 aromatic carbocycles. The minimum Gasteiger partial charge on any atom is -0.395 e. The maximum absolute atomic E-state index is 12.6. The van der Waals surface area contributed by atoms with Gasteiger partial charge in [0.05, 0.1) is 6.61 Å². The van der Waals surface area contributed by atoms with E-state index < -0.39 is 0 Å². The number of rotatable bonds is 4. The zero-order valence-electron chi connectivity index (χ0n) is 11.4. The Morgan fingerprint density at radius 1 is 0.944 bits per heavy atom. The van der Waals surface area contributed by atoms with E-state index in [1.165, 1.54) is 38.5 Å². The minimum atomic E-state index is 0.106. The van der Waals surface area contributed by atoms with Crippen LogP contribution in [0.4, 0.5) is 0 Å². The summed E-state index contributed by atoms with van der Waals surface area (Å²) in [6.45, 7) is 0.648. The van der Waals surface area contributed by atoms with Crippen LogP contribution in [0.25, 0.3) is 0 Å². The first-order valence-corrected chi connectivity index (χ1v) is 7.74. The quantitative estimate of drug-likeness (QED) is 0.783. The lowest BCUT2D eigenvalue weighted by atomic mass is 9.97. The summed E-state index contributed by atoms with van der Waals surface area (Å²) in [5, 5.41) is 9.21. The fourth-order valence-electron chi connectivity index (χ4n) is 3.56. The van der Waals surface area contributed by atoms with Crippen LogP contribution >= 0.6 is 0 Å². The fourth-order valence-corrected chi connectivity index (χ4v) is 3.56. The summed E-state index contributed by atoms with van der Waals surface area (Å²) in [4.78, 5) is 14.6. The van der Waals surface area contributed by atoms with Crippen molar-refractivity contribution in [3.8, 4) is 0 Å². The van der Waals surface area contributed by atoms with E-state index in [0.717, 1.165) is 25.7 Å². The molecule has 104 valence electrons. The third-order valence-corrected chi connectivity index (χ3v) is 4.59. The van der Waals surface area contributed by atoms with Crippen molar-refractivity contribution in [3.63, 3.8) is 0 Å². The zero-order chi connectivity index (χ0) is 12.8. The molecule has 2 saturated carbocycles. The van der Waals surface area contributed by atoms with E-state index in [4.69, 9.17) is 0 Å². The van der Waals surface area contributed by atoms with Gasteiger partial charge in [-0.3, -0.25) is 4.79 Å². The highest BCUT2D eigenvalue weighted by Gasteiger charge is 2.31. The van der Waals surface area contributed by atoms with Gasteiger partial charge in [0.1, 0.15) is 0 Å². The summed E-state index contributed by atoms with van der Waals surface area (Å²) >= 11 is 0. The van der Waals surface area contributed by atoms with Crippen LogP contribution in [0.15, 0.2) is 0 Å². The van der Waals surface area contributed by atoms with Crippen LogP contribution in [0.1, 0.15) is 64.2 Å². The number of nitrogens with zero attached hydrogens (tertiary/aromatic N) is 1. The van der Waals surface area contributed by atoms with Gasteiger partial charge in [-0.2, -0.15) is 0 Å². The molecule has 2 aliphatic rings. The molecule has 1 amide bonds. The Labute approximate surface area is 111 Å². The lowest BCUT2D eigenvalue weighted by Crippen LogP contribution is -2.44. The van der Waals surface area contributed by atoms with Crippen molar-refractivity contribution >= 4 is 5.91 Å². The van der Waals surface area contributed by atoms with Gasteiger partial charge in [-0.25, -0.2) is 0 Å². The summed E-state index contributed by atoms with van der Waals surface area (Å²) in [6.07, 6.45) is 11.9. The maximum Gasteiger partial charge on any atom is 0.226 e. The van der Waals surface area contributed by atoms with E-state index in [-0.39, 0.29) is 12.5 Å². The highest BCUT2D eigenvalue weighted by molar-refractivity contribution is 5.79. The summed E-state index contributed by atoms with van der Waals surface area (Å²) in [7, 11) is 0. The number of hydrogen-bond donors (Lipinski definition) is 1. The molecule has 0 radical (unpaired) electrons. The van der Waals surface area contributed by atoms with Crippen molar-refractivity contribution in [2.75, 3.05) is 13.2 Å². The molecule has 2 rings (SSSR count). The average Bonchev–Trinajstić information content (AvgIpc) is 2.77. The lowest BCUT2D eigenvalue weighted by Gasteiger charge is -2.31. The molecule has 3 heteroatoms. The van der Waals surface area contributed by atoms with Gasteiger partial charge < -0.3 is 10.0 Å². The molecule has 0 saturated heterocycles. The average molecular weight is 253 g/mol. The van der Waals surface area contributed by atoms with Gasteiger partial charge >= 0.3 is 0 Å². The first-order chi connectivity index (χ1) is 8.83. The highest BCUT2D eigenvalue weighted by Crippen LogP contribution is 2.29. The molecule has 3 nitrogen and oxygen atoms in total. The Hall–Kier alpha value is -0.570. The summed E-state index contributed by atoms with van der Waals surface area (Å²) < 4.78 is 0. The molecule has 0 aliphatic heterocycles. The molecule has 0 unspecified atom stereocenters. The van der Waals surface area contributed by atoms with E-state index in [1.807, 2.05) is 4.90 Å². The Morgan fingerprint density at radius 2 is 1.50 bits per heavy atom. The summed E-state index contributed by atoms with van der Waals surface area (Å²) in [5.74, 6) is 0.567. The minimum absolute atomic E-state index is 0.106. The molecule has 18 heavy (non-hydrogen) atoms. The lowest BCUT2D eigenvalue weighted by molar-refractivity contribution is -0.138. The van der Waals surface area contributed by atoms with Crippen LogP contribution in [0.5, 0.6) is 0 Å². The van der Waals surface area contributed by atoms with E-state index in [9.17, 15) is 9.90 Å². The van der Waals surface area contributed by atoms with Gasteiger partial charge in [0.2, 0.25) is 5.91 Å². The second-order valence-corrected chi connectivity index (χ2v) is 5.88. The molecule has 0 aromatic rings. The number of aliphatic hydroxyl groups excluding tert-OH is 1. The van der Waals surface area contributed by atoms with Crippen LogP contribution in [0, 0.1) is 5.92 Å². The van der Waals surface area contributed by atoms with Crippen molar-refractivity contribution in [2.45, 2.75) is 70.3 Å². The van der Waals surface area contributed by atoms with Crippen LogP contribution < -0.4 is 0 Å². The zero-order valence-corrected chi connectivity index (χ0v) is 11.4. The van der Waals surface area contributed by atoms with E-state index in [0.29, 0.717) is 18.5 Å². The third kappa shape index (κ3) is 3.47. The summed E-state index contributed by atoms with van der Waals surface area (Å²) in [6, 6.07) is 0.410. The molecular formula is C15H27NO2. The van der Waals surface area contributed by atoms with Crippen molar-refractivity contribution < 1.29 is 9.90 Å². The topological polar surface area (TPSA) is 40.5 Å². The van der Waals surface area contributed by atoms with Gasteiger partial charge in [0.25, 0.3) is 0 Å². The Balaban J connectivity index is 1.96. The van der Waals surface area contributed by atoms with Gasteiger partial charge in [-0.1, -0.05) is 38.5 Å². The normalized spacial score (nSPS) is 22.9. The Morgan fingerprint density at radius 3 is 2.06 bits per heavy atom. The smallest absolute Gasteiger partial charge is 0.226 e. The van der Waals surface area contributed by atoms with Gasteiger partial charge in [0.15, 0.2) is 0 Å². The number of aliphatic hydroxyl groups is 1. The number of carbonyl (C=O) groups excluding carboxylic acids is 1. The second kappa shape index (κ2) is 7.13. The van der Waals surface area contributed by atoms with Crippen molar-refractivity contribution in [1.82, 2.24) is 4.90 Å². The fraction of sp³-hybridized carbons (Fsp3) is 0.933. The third-order valence-electron chi connectivity index (χ3n) is 4.59. The number of hydrogen-bond acceptors (Lipinski definition) is 2. The van der Waals surface area contributed by atoms with Gasteiger partial charge in [-0.15, -0.1) is 0 Å². The molecule has 0 atom stereocenters. The molecule has 0 spiro atoms. The van der Waals surface area contributed by atoms with E-state index >= 15 is 0 Å². The summed E-state index contributed by atoms with van der Waals surface area (Å²) in [5.41, 5.74) is 0. The number of carbonyl (C=O) groups is 1. The molecule has 2 fully saturated rings. The van der Waals surface area contributed by atoms with E-state index in [2.05, 4.69) is 0 Å². The SMILES string of the molecule is O=C(C1CCCCCC1)N(CCO)C1CCCC1. The highest BCUT2D eigenvalue weighted by atomic mass is 16.3. The molecule has 2 aliphatic carbocycles. The van der Waals surface area contributed by atoms with Crippen molar-refractivity contribution in [3.05, 3.63) is 0 Å². The standard InChI is InChI=1S/C15H27NO2/c17-12-11-16(14-9-5-6-10-14)15(18)13-7-3-1-2-4-8-13/h13-14,17H,1-12H2. The molecule has 0 aromatic heterocycles. The van der Waals surface area contributed by atoms with Crippen LogP contribution in [-0.4, -0.2) is 35.1 Å². The molecule has 0 heterocycles. The number of amides is 1. The van der Waals surface area contributed by atoms with Gasteiger partial charge in [-0.05, 0) is 25.7 Å². The second-order valence-electron chi connectivity index (χ2n) is 5.88. The first-order valence-electron chi connectivity index (χ1n) is 7.74. The van der Waals surface area contributed by atoms with E-state index in [1.54, 1.807) is 0 Å². The largest absolute Gasteiger partial charge is 0.395 e. The predicted molar refractivity (Wildman–Crippen MR) is 72.2 cm³/mol. The monoisotopic (exact) mass is 253 g/mol. The molecular weight excluding hydrogens is 226 g/mol. The predicted octanol–water partition coefficient (Wildman–Crippen LogP) is 2.72. The molecule has 1 N–H and O–H groups in total. The van der Waals surface area contributed by atoms with Crippen molar-refractivity contribution in [2.24, 2.45) is 5.92 Å². The Bertz CT molecular complexity index is 253. The first kappa shape index (κ1) is 13.9. The van der Waals surface area contributed by atoms with Crippen LogP contribution in [0.3, 0.4) is 0 Å². The van der Waals surface area contributed by atoms with Crippen LogP contribution in [0.2, 0.25) is 0 Å². The Kier molecular flexibility index (Phi) is 5.48. The molecule has 0 bridgehead atoms.